The molecule has 2 atom stereocenters. The normalized spacial score (nSPS) is 36.8. The van der Waals surface area contributed by atoms with Crippen LogP contribution in [0.1, 0.15) is 27.7 Å². The summed E-state index contributed by atoms with van der Waals surface area (Å²) in [7, 11) is 0. The van der Waals surface area contributed by atoms with E-state index >= 15 is 0 Å². The zero-order valence-corrected chi connectivity index (χ0v) is 8.18. The molecule has 3 N–H and O–H groups in total. The molecule has 0 saturated heterocycles. The molecule has 0 heterocycles. The minimum atomic E-state index is -0.443. The minimum absolute atomic E-state index is 0.372. The Morgan fingerprint density at radius 2 is 1.92 bits per heavy atom. The number of aliphatic hydroxyl groups is 1. The molecule has 0 aromatic rings. The standard InChI is InChI=1S/C10H17NO/c1-6-5-9(12)7(2)8(3)10(6,4)11/h5,9,12H,11H2,1-4H3. The average Bonchev–Trinajstić information content (AvgIpc) is 1.99. The van der Waals surface area contributed by atoms with Gasteiger partial charge in [-0.1, -0.05) is 11.6 Å². The highest BCUT2D eigenvalue weighted by Gasteiger charge is 2.30. The Morgan fingerprint density at radius 1 is 1.42 bits per heavy atom. The Morgan fingerprint density at radius 3 is 2.42 bits per heavy atom. The van der Waals surface area contributed by atoms with Crippen LogP contribution in [-0.2, 0) is 0 Å². The zero-order valence-electron chi connectivity index (χ0n) is 8.18. The van der Waals surface area contributed by atoms with E-state index in [9.17, 15) is 5.11 Å². The smallest absolute Gasteiger partial charge is 0.0935 e. The van der Waals surface area contributed by atoms with Crippen LogP contribution in [0.15, 0.2) is 22.8 Å². The lowest BCUT2D eigenvalue weighted by Gasteiger charge is -2.34. The second-order valence-electron chi connectivity index (χ2n) is 3.80. The molecule has 2 nitrogen and oxygen atoms in total. The predicted octanol–water partition coefficient (Wildman–Crippen LogP) is 1.36. The molecule has 2 heteroatoms. The molecule has 1 rings (SSSR count). The Hall–Kier alpha value is -0.600. The van der Waals surface area contributed by atoms with Gasteiger partial charge >= 0.3 is 0 Å². The quantitative estimate of drug-likeness (QED) is 0.535. The summed E-state index contributed by atoms with van der Waals surface area (Å²) in [4.78, 5) is 0. The summed E-state index contributed by atoms with van der Waals surface area (Å²) in [6.07, 6.45) is 1.38. The zero-order chi connectivity index (χ0) is 9.52. The van der Waals surface area contributed by atoms with Gasteiger partial charge in [-0.05, 0) is 38.8 Å². The summed E-state index contributed by atoms with van der Waals surface area (Å²) < 4.78 is 0. The largest absolute Gasteiger partial charge is 0.385 e. The van der Waals surface area contributed by atoms with Gasteiger partial charge in [0.15, 0.2) is 0 Å². The molecule has 0 aromatic carbocycles. The summed E-state index contributed by atoms with van der Waals surface area (Å²) in [5.74, 6) is 0. The molecule has 0 saturated carbocycles. The van der Waals surface area contributed by atoms with Crippen LogP contribution >= 0.6 is 0 Å². The van der Waals surface area contributed by atoms with Gasteiger partial charge in [0.2, 0.25) is 0 Å². The summed E-state index contributed by atoms with van der Waals surface area (Å²) in [6.45, 7) is 7.84. The van der Waals surface area contributed by atoms with Gasteiger partial charge < -0.3 is 10.8 Å². The summed E-state index contributed by atoms with van der Waals surface area (Å²) >= 11 is 0. The number of nitrogens with two attached hydrogens (primary N) is 1. The molecule has 0 aromatic heterocycles. The van der Waals surface area contributed by atoms with E-state index in [1.54, 1.807) is 0 Å². The molecule has 2 unspecified atom stereocenters. The maximum absolute atomic E-state index is 9.56. The van der Waals surface area contributed by atoms with Crippen molar-refractivity contribution in [3.63, 3.8) is 0 Å². The summed E-state index contributed by atoms with van der Waals surface area (Å²) in [5.41, 5.74) is 8.80. The lowest BCUT2D eigenvalue weighted by atomic mass is 9.78. The van der Waals surface area contributed by atoms with Crippen LogP contribution in [-0.4, -0.2) is 16.7 Å². The van der Waals surface area contributed by atoms with Crippen LogP contribution in [0.4, 0.5) is 0 Å². The molecule has 12 heavy (non-hydrogen) atoms. The fourth-order valence-electron chi connectivity index (χ4n) is 1.46. The number of hydrogen-bond donors (Lipinski definition) is 2. The molecule has 0 aliphatic heterocycles. The fourth-order valence-corrected chi connectivity index (χ4v) is 1.46. The van der Waals surface area contributed by atoms with Gasteiger partial charge in [0.1, 0.15) is 0 Å². The first-order valence-electron chi connectivity index (χ1n) is 4.21. The monoisotopic (exact) mass is 167 g/mol. The van der Waals surface area contributed by atoms with E-state index in [4.69, 9.17) is 5.73 Å². The summed E-state index contributed by atoms with van der Waals surface area (Å²) in [6, 6.07) is 0. The first kappa shape index (κ1) is 9.49. The van der Waals surface area contributed by atoms with Crippen LogP contribution in [0.25, 0.3) is 0 Å². The number of hydrogen-bond acceptors (Lipinski definition) is 2. The van der Waals surface area contributed by atoms with E-state index in [2.05, 4.69) is 0 Å². The first-order chi connectivity index (χ1) is 5.37. The third-order valence-corrected chi connectivity index (χ3v) is 3.04. The van der Waals surface area contributed by atoms with Gasteiger partial charge in [-0.15, -0.1) is 0 Å². The van der Waals surface area contributed by atoms with E-state index in [1.165, 1.54) is 0 Å². The van der Waals surface area contributed by atoms with Crippen molar-refractivity contribution < 1.29 is 5.11 Å². The predicted molar refractivity (Wildman–Crippen MR) is 50.7 cm³/mol. The molecular weight excluding hydrogens is 150 g/mol. The van der Waals surface area contributed by atoms with Crippen LogP contribution < -0.4 is 5.73 Å². The molecule has 0 fully saturated rings. The highest BCUT2D eigenvalue weighted by Crippen LogP contribution is 2.31. The van der Waals surface area contributed by atoms with E-state index in [1.807, 2.05) is 33.8 Å². The van der Waals surface area contributed by atoms with Crippen LogP contribution in [0, 0.1) is 0 Å². The number of rotatable bonds is 0. The fraction of sp³-hybridized carbons (Fsp3) is 0.600. The van der Waals surface area contributed by atoms with Crippen molar-refractivity contribution in [2.24, 2.45) is 5.73 Å². The SMILES string of the molecule is CC1=CC(O)C(C)=C(C)C1(C)N. The maximum Gasteiger partial charge on any atom is 0.0935 e. The van der Waals surface area contributed by atoms with Crippen LogP contribution in [0.5, 0.6) is 0 Å². The van der Waals surface area contributed by atoms with Crippen molar-refractivity contribution >= 4 is 0 Å². The lowest BCUT2D eigenvalue weighted by Crippen LogP contribution is -2.42. The maximum atomic E-state index is 9.56. The Bertz CT molecular complexity index is 261. The molecule has 0 radical (unpaired) electrons. The van der Waals surface area contributed by atoms with Gasteiger partial charge in [0, 0.05) is 0 Å². The average molecular weight is 167 g/mol. The van der Waals surface area contributed by atoms with Gasteiger partial charge in [0.25, 0.3) is 0 Å². The van der Waals surface area contributed by atoms with E-state index < -0.39 is 6.10 Å². The summed E-state index contributed by atoms with van der Waals surface area (Å²) in [5, 5.41) is 9.56. The van der Waals surface area contributed by atoms with E-state index in [0.717, 1.165) is 16.7 Å². The van der Waals surface area contributed by atoms with Crippen molar-refractivity contribution in [3.05, 3.63) is 22.8 Å². The van der Waals surface area contributed by atoms with Crippen molar-refractivity contribution in [2.75, 3.05) is 0 Å². The highest BCUT2D eigenvalue weighted by atomic mass is 16.3. The molecule has 0 amide bonds. The van der Waals surface area contributed by atoms with Crippen LogP contribution in [0.3, 0.4) is 0 Å². The van der Waals surface area contributed by atoms with Crippen molar-refractivity contribution in [3.8, 4) is 0 Å². The van der Waals surface area contributed by atoms with Gasteiger partial charge in [0.05, 0.1) is 11.6 Å². The molecule has 1 aliphatic carbocycles. The van der Waals surface area contributed by atoms with Crippen molar-refractivity contribution in [1.29, 1.82) is 0 Å². The third kappa shape index (κ3) is 1.21. The molecule has 0 spiro atoms. The van der Waals surface area contributed by atoms with E-state index in [0.29, 0.717) is 0 Å². The molecule has 68 valence electrons. The Labute approximate surface area is 73.8 Å². The molecule has 0 bridgehead atoms. The lowest BCUT2D eigenvalue weighted by molar-refractivity contribution is 0.250. The second-order valence-corrected chi connectivity index (χ2v) is 3.80. The molecule has 1 aliphatic rings. The van der Waals surface area contributed by atoms with Gasteiger partial charge in [-0.3, -0.25) is 0 Å². The van der Waals surface area contributed by atoms with Crippen molar-refractivity contribution in [1.82, 2.24) is 0 Å². The number of aliphatic hydroxyl groups excluding tert-OH is 1. The first-order valence-corrected chi connectivity index (χ1v) is 4.21. The highest BCUT2D eigenvalue weighted by molar-refractivity contribution is 5.42. The van der Waals surface area contributed by atoms with Gasteiger partial charge in [-0.25, -0.2) is 0 Å². The topological polar surface area (TPSA) is 46.2 Å². The van der Waals surface area contributed by atoms with Crippen LogP contribution in [0.2, 0.25) is 0 Å². The van der Waals surface area contributed by atoms with Crippen molar-refractivity contribution in [2.45, 2.75) is 39.3 Å². The Kier molecular flexibility index (Phi) is 2.15. The minimum Gasteiger partial charge on any atom is -0.385 e. The third-order valence-electron chi connectivity index (χ3n) is 3.04. The second kappa shape index (κ2) is 2.71. The van der Waals surface area contributed by atoms with E-state index in [-0.39, 0.29) is 5.54 Å². The molecular formula is C10H17NO. The van der Waals surface area contributed by atoms with Gasteiger partial charge in [-0.2, -0.15) is 0 Å². The Balaban J connectivity index is 3.16.